The topological polar surface area (TPSA) is 79.1 Å². The van der Waals surface area contributed by atoms with Crippen LogP contribution in [-0.4, -0.2) is 24.3 Å². The number of fused-ring (bicyclic) bond motifs is 1. The van der Waals surface area contributed by atoms with Gasteiger partial charge >= 0.3 is 5.97 Å². The Morgan fingerprint density at radius 1 is 1.00 bits per heavy atom. The Labute approximate surface area is 273 Å². The molecular weight excluding hydrogens is 627 g/mol. The van der Waals surface area contributed by atoms with E-state index in [0.717, 1.165) is 5.56 Å². The molecule has 0 aliphatic carbocycles. The van der Waals surface area contributed by atoms with Crippen LogP contribution in [0.15, 0.2) is 112 Å². The number of thiazole rings is 1. The molecular formula is C36H28ClFN2O5S. The summed E-state index contributed by atoms with van der Waals surface area (Å²) in [4.78, 5) is 32.9. The summed E-state index contributed by atoms with van der Waals surface area (Å²) in [6.45, 7) is 2.17. The van der Waals surface area contributed by atoms with Crippen LogP contribution in [0.25, 0.3) is 11.8 Å². The van der Waals surface area contributed by atoms with Crippen LogP contribution >= 0.6 is 22.9 Å². The van der Waals surface area contributed by atoms with Crippen LogP contribution in [0.2, 0.25) is 5.02 Å². The zero-order valence-corrected chi connectivity index (χ0v) is 26.5. The van der Waals surface area contributed by atoms with E-state index in [1.807, 2.05) is 48.5 Å². The molecule has 1 unspecified atom stereocenters. The van der Waals surface area contributed by atoms with E-state index < -0.39 is 17.8 Å². The van der Waals surface area contributed by atoms with E-state index in [-0.39, 0.29) is 17.7 Å². The first kappa shape index (κ1) is 31.0. The number of esters is 1. The lowest BCUT2D eigenvalue weighted by atomic mass is 9.93. The summed E-state index contributed by atoms with van der Waals surface area (Å²) in [6, 6.07) is 26.9. The molecule has 46 heavy (non-hydrogen) atoms. The third-order valence-electron chi connectivity index (χ3n) is 7.35. The average molecular weight is 655 g/mol. The number of aromatic nitrogens is 1. The minimum absolute atomic E-state index is 0.131. The van der Waals surface area contributed by atoms with Crippen LogP contribution in [-0.2, 0) is 16.1 Å². The van der Waals surface area contributed by atoms with Gasteiger partial charge in [-0.1, -0.05) is 83.6 Å². The van der Waals surface area contributed by atoms with E-state index in [1.54, 1.807) is 56.5 Å². The monoisotopic (exact) mass is 654 g/mol. The van der Waals surface area contributed by atoms with Crippen LogP contribution in [0.4, 0.5) is 4.39 Å². The lowest BCUT2D eigenvalue weighted by Gasteiger charge is -2.25. The second-order valence-corrected chi connectivity index (χ2v) is 11.8. The maximum Gasteiger partial charge on any atom is 0.338 e. The summed E-state index contributed by atoms with van der Waals surface area (Å²) in [5.74, 6) is -0.00197. The standard InChI is InChI=1S/C36H28ClFN2O5S/c1-3-44-35(42)31-32(24-7-5-4-6-8-24)39-36-40(33(31)25-12-16-27(38)17-13-25)34(41)30(46-36)20-23-11-18-28(29(19-23)43-2)45-21-22-9-14-26(37)15-10-22/h4-20,33H,3,21H2,1-2H3/b30-20-. The van der Waals surface area contributed by atoms with Gasteiger partial charge in [0.2, 0.25) is 0 Å². The van der Waals surface area contributed by atoms with Crippen molar-refractivity contribution in [3.8, 4) is 11.5 Å². The van der Waals surface area contributed by atoms with E-state index in [0.29, 0.717) is 54.8 Å². The highest BCUT2D eigenvalue weighted by molar-refractivity contribution is 7.07. The van der Waals surface area contributed by atoms with Crippen LogP contribution in [0.1, 0.15) is 35.2 Å². The third kappa shape index (κ3) is 6.38. The van der Waals surface area contributed by atoms with Crippen LogP contribution in [0, 0.1) is 5.82 Å². The smallest absolute Gasteiger partial charge is 0.338 e. The Hall–Kier alpha value is -4.99. The molecule has 0 fully saturated rings. The first-order valence-corrected chi connectivity index (χ1v) is 15.6. The Balaban J connectivity index is 1.46. The number of methoxy groups -OCH3 is 1. The quantitative estimate of drug-likeness (QED) is 0.174. The van der Waals surface area contributed by atoms with Crippen molar-refractivity contribution in [2.75, 3.05) is 13.7 Å². The summed E-state index contributed by atoms with van der Waals surface area (Å²) in [7, 11) is 1.55. The van der Waals surface area contributed by atoms with Gasteiger partial charge < -0.3 is 14.2 Å². The number of rotatable bonds is 9. The predicted molar refractivity (Wildman–Crippen MR) is 176 cm³/mol. The minimum atomic E-state index is -0.897. The van der Waals surface area contributed by atoms with Gasteiger partial charge in [0.15, 0.2) is 16.3 Å². The Kier molecular flexibility index (Phi) is 9.14. The van der Waals surface area contributed by atoms with Gasteiger partial charge in [-0.25, -0.2) is 14.2 Å². The maximum atomic E-state index is 14.1. The Morgan fingerprint density at radius 3 is 2.43 bits per heavy atom. The van der Waals surface area contributed by atoms with E-state index in [2.05, 4.69) is 0 Å². The summed E-state index contributed by atoms with van der Waals surface area (Å²) < 4.78 is 32.9. The number of benzene rings is 4. The summed E-state index contributed by atoms with van der Waals surface area (Å²) in [6.07, 6.45) is 1.74. The van der Waals surface area contributed by atoms with Gasteiger partial charge in [0.25, 0.3) is 5.56 Å². The maximum absolute atomic E-state index is 14.1. The van der Waals surface area contributed by atoms with Gasteiger partial charge in [-0.15, -0.1) is 0 Å². The van der Waals surface area contributed by atoms with E-state index in [4.69, 9.17) is 30.8 Å². The van der Waals surface area contributed by atoms with Gasteiger partial charge in [-0.05, 0) is 66.1 Å². The second kappa shape index (κ2) is 13.6. The van der Waals surface area contributed by atoms with Gasteiger partial charge in [-0.2, -0.15) is 0 Å². The van der Waals surface area contributed by atoms with Gasteiger partial charge in [0, 0.05) is 10.6 Å². The molecule has 5 aromatic rings. The fourth-order valence-corrected chi connectivity index (χ4v) is 6.31. The van der Waals surface area contributed by atoms with Crippen molar-refractivity contribution in [3.05, 3.63) is 155 Å². The summed E-state index contributed by atoms with van der Waals surface area (Å²) in [5.41, 5.74) is 3.12. The lowest BCUT2D eigenvalue weighted by Crippen LogP contribution is -2.40. The zero-order chi connectivity index (χ0) is 32.2. The van der Waals surface area contributed by atoms with Crippen LogP contribution in [0.5, 0.6) is 11.5 Å². The molecule has 10 heteroatoms. The zero-order valence-electron chi connectivity index (χ0n) is 24.9. The van der Waals surface area contributed by atoms with Crippen molar-refractivity contribution >= 4 is 40.7 Å². The number of carbonyl (C=O) groups is 1. The molecule has 1 aromatic heterocycles. The molecule has 0 radical (unpaired) electrons. The van der Waals surface area contributed by atoms with Crippen molar-refractivity contribution in [3.63, 3.8) is 0 Å². The van der Waals surface area contributed by atoms with Crippen molar-refractivity contribution in [2.45, 2.75) is 19.6 Å². The lowest BCUT2D eigenvalue weighted by molar-refractivity contribution is -0.138. The minimum Gasteiger partial charge on any atom is -0.493 e. The number of hydrogen-bond donors (Lipinski definition) is 0. The molecule has 0 N–H and O–H groups in total. The van der Waals surface area contributed by atoms with Crippen molar-refractivity contribution in [1.29, 1.82) is 0 Å². The van der Waals surface area contributed by atoms with E-state index in [1.165, 1.54) is 28.0 Å². The molecule has 0 spiro atoms. The van der Waals surface area contributed by atoms with Gasteiger partial charge in [0.05, 0.1) is 35.6 Å². The van der Waals surface area contributed by atoms with Crippen LogP contribution < -0.4 is 24.4 Å². The van der Waals surface area contributed by atoms with Gasteiger partial charge in [-0.3, -0.25) is 9.36 Å². The molecule has 7 nitrogen and oxygen atoms in total. The van der Waals surface area contributed by atoms with Crippen molar-refractivity contribution in [1.82, 2.24) is 4.57 Å². The highest BCUT2D eigenvalue weighted by atomic mass is 35.5. The first-order valence-electron chi connectivity index (χ1n) is 14.5. The molecule has 6 rings (SSSR count). The largest absolute Gasteiger partial charge is 0.493 e. The summed E-state index contributed by atoms with van der Waals surface area (Å²) >= 11 is 7.18. The number of carbonyl (C=O) groups excluding carboxylic acids is 1. The molecule has 1 atom stereocenters. The molecule has 2 heterocycles. The van der Waals surface area contributed by atoms with Crippen molar-refractivity contribution in [2.24, 2.45) is 4.99 Å². The molecule has 4 aromatic carbocycles. The molecule has 0 amide bonds. The predicted octanol–water partition coefficient (Wildman–Crippen LogP) is 6.32. The molecule has 0 bridgehead atoms. The molecule has 0 saturated carbocycles. The highest BCUT2D eigenvalue weighted by Gasteiger charge is 2.35. The number of ether oxygens (including phenoxy) is 3. The summed E-state index contributed by atoms with van der Waals surface area (Å²) in [5, 5.41) is 0.647. The molecule has 232 valence electrons. The van der Waals surface area contributed by atoms with Crippen molar-refractivity contribution < 1.29 is 23.4 Å². The number of halogens is 2. The third-order valence-corrected chi connectivity index (χ3v) is 8.59. The normalized spacial score (nSPS) is 14.4. The Morgan fingerprint density at radius 2 is 1.74 bits per heavy atom. The van der Waals surface area contributed by atoms with Crippen LogP contribution in [0.3, 0.4) is 0 Å². The Bertz CT molecular complexity index is 2110. The number of hydrogen-bond acceptors (Lipinski definition) is 7. The fraction of sp³-hybridized carbons (Fsp3) is 0.139. The number of nitrogens with zero attached hydrogens (tertiary/aromatic N) is 2. The molecule has 1 aliphatic rings. The second-order valence-electron chi connectivity index (χ2n) is 10.3. The average Bonchev–Trinajstić information content (AvgIpc) is 3.38. The molecule has 0 saturated heterocycles. The van der Waals surface area contributed by atoms with E-state index >= 15 is 0 Å². The van der Waals surface area contributed by atoms with E-state index in [9.17, 15) is 14.0 Å². The highest BCUT2D eigenvalue weighted by Crippen LogP contribution is 2.35. The fourth-order valence-electron chi connectivity index (χ4n) is 5.19. The molecule has 1 aliphatic heterocycles. The first-order chi connectivity index (χ1) is 22.4. The van der Waals surface area contributed by atoms with Gasteiger partial charge in [0.1, 0.15) is 12.4 Å². The SMILES string of the molecule is CCOC(=O)C1=C(c2ccccc2)N=c2s/c(=C\c3ccc(OCc4ccc(Cl)cc4)c(OC)c3)c(=O)n2C1c1ccc(F)cc1.